The summed E-state index contributed by atoms with van der Waals surface area (Å²) >= 11 is 0. The first-order chi connectivity index (χ1) is 8.24. The smallest absolute Gasteiger partial charge is 0.241 e. The summed E-state index contributed by atoms with van der Waals surface area (Å²) < 4.78 is 23.0. The number of hydrogen-bond donors (Lipinski definition) is 0. The van der Waals surface area contributed by atoms with E-state index in [1.807, 2.05) is 6.07 Å². The Bertz CT molecular complexity index is 574. The maximum atomic E-state index is 13.4. The summed E-state index contributed by atoms with van der Waals surface area (Å²) in [5.74, 6) is 0.0988. The van der Waals surface area contributed by atoms with Crippen LogP contribution in [0.4, 0.5) is 4.39 Å². The van der Waals surface area contributed by atoms with Crippen LogP contribution in [0.2, 0.25) is 0 Å². The fraction of sp³-hybridized carbons (Fsp3) is 0.182. The van der Waals surface area contributed by atoms with Gasteiger partial charge in [-0.1, -0.05) is 5.16 Å². The summed E-state index contributed by atoms with van der Waals surface area (Å²) in [4.78, 5) is 3.96. The van der Waals surface area contributed by atoms with Crippen molar-refractivity contribution in [1.82, 2.24) is 10.1 Å². The van der Waals surface area contributed by atoms with E-state index >= 15 is 0 Å². The molecule has 1 aromatic carbocycles. The molecule has 0 spiro atoms. The van der Waals surface area contributed by atoms with E-state index in [4.69, 9.17) is 14.5 Å². The third kappa shape index (κ3) is 2.23. The molecule has 86 valence electrons. The van der Waals surface area contributed by atoms with Crippen LogP contribution >= 0.6 is 0 Å². The summed E-state index contributed by atoms with van der Waals surface area (Å²) in [5, 5.41) is 12.1. The first kappa shape index (κ1) is 11.1. The SMILES string of the molecule is COc1ccc(-c2noc(CC#N)n2)cc1F. The lowest BCUT2D eigenvalue weighted by molar-refractivity contribution is 0.385. The molecule has 0 N–H and O–H groups in total. The molecule has 0 aliphatic rings. The molecular weight excluding hydrogens is 225 g/mol. The zero-order chi connectivity index (χ0) is 12.3. The lowest BCUT2D eigenvalue weighted by Gasteiger charge is -2.01. The van der Waals surface area contributed by atoms with Crippen LogP contribution < -0.4 is 4.74 Å². The molecular formula is C11H8FN3O2. The molecule has 1 aromatic heterocycles. The molecule has 0 bridgehead atoms. The van der Waals surface area contributed by atoms with Gasteiger partial charge in [0.05, 0.1) is 13.2 Å². The molecule has 0 atom stereocenters. The summed E-state index contributed by atoms with van der Waals surface area (Å²) in [5.41, 5.74) is 0.469. The highest BCUT2D eigenvalue weighted by molar-refractivity contribution is 5.56. The average Bonchev–Trinajstić information content (AvgIpc) is 2.78. The van der Waals surface area contributed by atoms with Gasteiger partial charge in [-0.05, 0) is 18.2 Å². The van der Waals surface area contributed by atoms with Crippen molar-refractivity contribution in [2.24, 2.45) is 0 Å². The topological polar surface area (TPSA) is 71.9 Å². The molecule has 0 radical (unpaired) electrons. The van der Waals surface area contributed by atoms with Crippen LogP contribution in [0.25, 0.3) is 11.4 Å². The fourth-order valence-corrected chi connectivity index (χ4v) is 1.32. The van der Waals surface area contributed by atoms with E-state index in [-0.39, 0.29) is 23.9 Å². The van der Waals surface area contributed by atoms with Crippen molar-refractivity contribution in [2.75, 3.05) is 7.11 Å². The quantitative estimate of drug-likeness (QED) is 0.810. The molecule has 6 heteroatoms. The Balaban J connectivity index is 2.33. The van der Waals surface area contributed by atoms with Crippen LogP contribution in [0.1, 0.15) is 5.89 Å². The van der Waals surface area contributed by atoms with Crippen molar-refractivity contribution in [3.63, 3.8) is 0 Å². The number of ether oxygens (including phenoxy) is 1. The second-order valence-corrected chi connectivity index (χ2v) is 3.20. The number of rotatable bonds is 3. The molecule has 0 amide bonds. The van der Waals surface area contributed by atoms with Gasteiger partial charge >= 0.3 is 0 Å². The standard InChI is InChI=1S/C11H8FN3O2/c1-16-9-3-2-7(6-8(9)12)11-14-10(4-5-13)17-15-11/h2-3,6H,4H2,1H3. The number of halogens is 1. The second kappa shape index (κ2) is 4.61. The molecule has 2 rings (SSSR count). The van der Waals surface area contributed by atoms with Gasteiger partial charge < -0.3 is 9.26 Å². The van der Waals surface area contributed by atoms with Crippen LogP contribution in [0, 0.1) is 17.1 Å². The number of aromatic nitrogens is 2. The highest BCUT2D eigenvalue weighted by Crippen LogP contribution is 2.23. The molecule has 1 heterocycles. The Kier molecular flexibility index (Phi) is 3.01. The fourth-order valence-electron chi connectivity index (χ4n) is 1.32. The molecule has 0 saturated heterocycles. The van der Waals surface area contributed by atoms with Crippen molar-refractivity contribution in [1.29, 1.82) is 5.26 Å². The van der Waals surface area contributed by atoms with Gasteiger partial charge in [0.25, 0.3) is 0 Å². The highest BCUT2D eigenvalue weighted by Gasteiger charge is 2.11. The Morgan fingerprint density at radius 3 is 3.00 bits per heavy atom. The van der Waals surface area contributed by atoms with E-state index in [9.17, 15) is 4.39 Å². The highest BCUT2D eigenvalue weighted by atomic mass is 19.1. The van der Waals surface area contributed by atoms with Gasteiger partial charge in [-0.2, -0.15) is 10.2 Å². The van der Waals surface area contributed by atoms with E-state index < -0.39 is 5.82 Å². The Morgan fingerprint density at radius 2 is 2.35 bits per heavy atom. The largest absolute Gasteiger partial charge is 0.494 e. The van der Waals surface area contributed by atoms with E-state index in [0.717, 1.165) is 0 Å². The van der Waals surface area contributed by atoms with Gasteiger partial charge in [0.15, 0.2) is 11.6 Å². The molecule has 17 heavy (non-hydrogen) atoms. The van der Waals surface area contributed by atoms with Crippen LogP contribution in [-0.4, -0.2) is 17.3 Å². The molecule has 0 aliphatic heterocycles. The normalized spacial score (nSPS) is 9.94. The van der Waals surface area contributed by atoms with Gasteiger partial charge in [0.1, 0.15) is 6.42 Å². The van der Waals surface area contributed by atoms with Gasteiger partial charge in [0, 0.05) is 5.56 Å². The second-order valence-electron chi connectivity index (χ2n) is 3.20. The summed E-state index contributed by atoms with van der Waals surface area (Å²) in [6.07, 6.45) is 0.0334. The minimum atomic E-state index is -0.503. The van der Waals surface area contributed by atoms with Gasteiger partial charge in [0.2, 0.25) is 11.7 Å². The summed E-state index contributed by atoms with van der Waals surface area (Å²) in [6.45, 7) is 0. The maximum Gasteiger partial charge on any atom is 0.241 e. The lowest BCUT2D eigenvalue weighted by atomic mass is 10.2. The maximum absolute atomic E-state index is 13.4. The van der Waals surface area contributed by atoms with Gasteiger partial charge in [-0.3, -0.25) is 0 Å². The van der Waals surface area contributed by atoms with Crippen LogP contribution in [0.15, 0.2) is 22.7 Å². The third-order valence-electron chi connectivity index (χ3n) is 2.11. The number of methoxy groups -OCH3 is 1. The molecule has 0 saturated carbocycles. The molecule has 2 aromatic rings. The van der Waals surface area contributed by atoms with Crippen LogP contribution in [0.5, 0.6) is 5.75 Å². The molecule has 5 nitrogen and oxygen atoms in total. The minimum absolute atomic E-state index is 0.0334. The van der Waals surface area contributed by atoms with E-state index in [1.165, 1.54) is 19.2 Å². The molecule has 0 fully saturated rings. The number of nitrogens with zero attached hydrogens (tertiary/aromatic N) is 3. The molecule has 0 unspecified atom stereocenters. The van der Waals surface area contributed by atoms with Crippen molar-refractivity contribution in [3.8, 4) is 23.2 Å². The first-order valence-electron chi connectivity index (χ1n) is 4.78. The Morgan fingerprint density at radius 1 is 1.53 bits per heavy atom. The minimum Gasteiger partial charge on any atom is -0.494 e. The first-order valence-corrected chi connectivity index (χ1v) is 4.78. The predicted molar refractivity (Wildman–Crippen MR) is 55.6 cm³/mol. The van der Waals surface area contributed by atoms with E-state index in [0.29, 0.717) is 5.56 Å². The van der Waals surface area contributed by atoms with E-state index in [1.54, 1.807) is 6.07 Å². The number of hydrogen-bond acceptors (Lipinski definition) is 5. The summed E-state index contributed by atoms with van der Waals surface area (Å²) in [7, 11) is 1.39. The molecule has 0 aliphatic carbocycles. The number of benzene rings is 1. The van der Waals surface area contributed by atoms with Crippen molar-refractivity contribution in [3.05, 3.63) is 29.9 Å². The predicted octanol–water partition coefficient (Wildman–Crippen LogP) is 1.95. The average molecular weight is 233 g/mol. The Hall–Kier alpha value is -2.42. The summed E-state index contributed by atoms with van der Waals surface area (Å²) in [6, 6.07) is 6.23. The third-order valence-corrected chi connectivity index (χ3v) is 2.11. The number of nitriles is 1. The zero-order valence-corrected chi connectivity index (χ0v) is 8.98. The van der Waals surface area contributed by atoms with E-state index in [2.05, 4.69) is 10.1 Å². The monoisotopic (exact) mass is 233 g/mol. The van der Waals surface area contributed by atoms with Crippen molar-refractivity contribution >= 4 is 0 Å². The van der Waals surface area contributed by atoms with Gasteiger partial charge in [-0.25, -0.2) is 4.39 Å². The van der Waals surface area contributed by atoms with Crippen molar-refractivity contribution in [2.45, 2.75) is 6.42 Å². The van der Waals surface area contributed by atoms with Crippen LogP contribution in [0.3, 0.4) is 0 Å². The van der Waals surface area contributed by atoms with Gasteiger partial charge in [-0.15, -0.1) is 0 Å². The zero-order valence-electron chi connectivity index (χ0n) is 8.98. The Labute approximate surface area is 96.4 Å². The lowest BCUT2D eigenvalue weighted by Crippen LogP contribution is -1.89. The van der Waals surface area contributed by atoms with Crippen LogP contribution in [-0.2, 0) is 6.42 Å². The van der Waals surface area contributed by atoms with Crippen molar-refractivity contribution < 1.29 is 13.7 Å².